The van der Waals surface area contributed by atoms with Crippen molar-refractivity contribution in [1.82, 2.24) is 5.32 Å². The van der Waals surface area contributed by atoms with Crippen molar-refractivity contribution in [2.75, 3.05) is 6.26 Å². The number of hydrogen-bond donors (Lipinski definition) is 1. The minimum absolute atomic E-state index is 0.0803. The standard InChI is InChI=1S/C17H21BrFNOS/c1-22-15-4-2-3-14(10-15)20-16(21)17(5-6-17)11-7-12(18)9-13(19)8-11/h7-9,14-15H,2-6,10H2,1H3,(H,20,21). The first-order valence-corrected chi connectivity index (χ1v) is 9.92. The van der Waals surface area contributed by atoms with Crippen molar-refractivity contribution in [2.45, 2.75) is 55.2 Å². The molecule has 0 saturated heterocycles. The highest BCUT2D eigenvalue weighted by Gasteiger charge is 2.52. The summed E-state index contributed by atoms with van der Waals surface area (Å²) in [5.41, 5.74) is 0.297. The summed E-state index contributed by atoms with van der Waals surface area (Å²) >= 11 is 5.22. The van der Waals surface area contributed by atoms with Crippen molar-refractivity contribution in [2.24, 2.45) is 0 Å². The van der Waals surface area contributed by atoms with Gasteiger partial charge in [0.1, 0.15) is 5.82 Å². The van der Waals surface area contributed by atoms with Crippen LogP contribution in [0.15, 0.2) is 22.7 Å². The zero-order valence-electron chi connectivity index (χ0n) is 12.7. The fourth-order valence-electron chi connectivity index (χ4n) is 3.42. The summed E-state index contributed by atoms with van der Waals surface area (Å²) in [6.07, 6.45) is 8.30. The molecule has 2 aliphatic rings. The van der Waals surface area contributed by atoms with Crippen LogP contribution in [0.5, 0.6) is 0 Å². The third-order valence-corrected chi connectivity index (χ3v) is 6.45. The molecule has 0 aromatic heterocycles. The van der Waals surface area contributed by atoms with Crippen molar-refractivity contribution < 1.29 is 9.18 Å². The first-order valence-electron chi connectivity index (χ1n) is 7.84. The number of rotatable bonds is 4. The van der Waals surface area contributed by atoms with Gasteiger partial charge in [-0.05, 0) is 62.1 Å². The van der Waals surface area contributed by atoms with Crippen LogP contribution in [0.2, 0.25) is 0 Å². The van der Waals surface area contributed by atoms with E-state index >= 15 is 0 Å². The summed E-state index contributed by atoms with van der Waals surface area (Å²) in [6.45, 7) is 0. The molecule has 2 nitrogen and oxygen atoms in total. The van der Waals surface area contributed by atoms with Crippen LogP contribution in [0, 0.1) is 5.82 Å². The van der Waals surface area contributed by atoms with Crippen LogP contribution in [-0.2, 0) is 10.2 Å². The predicted octanol–water partition coefficient (Wildman–Crippen LogP) is 4.41. The SMILES string of the molecule is CSC1CCCC(NC(=O)C2(c3cc(F)cc(Br)c3)CC2)C1. The second-order valence-corrected chi connectivity index (χ2v) is 8.49. The third-order valence-electron chi connectivity index (χ3n) is 4.89. The van der Waals surface area contributed by atoms with Gasteiger partial charge in [-0.3, -0.25) is 4.79 Å². The van der Waals surface area contributed by atoms with E-state index in [0.717, 1.165) is 31.2 Å². The molecule has 1 aromatic rings. The van der Waals surface area contributed by atoms with Crippen LogP contribution in [0.25, 0.3) is 0 Å². The van der Waals surface area contributed by atoms with Gasteiger partial charge in [-0.1, -0.05) is 22.4 Å². The van der Waals surface area contributed by atoms with E-state index < -0.39 is 5.41 Å². The molecule has 3 rings (SSSR count). The van der Waals surface area contributed by atoms with Crippen molar-refractivity contribution in [3.8, 4) is 0 Å². The maximum Gasteiger partial charge on any atom is 0.230 e. The molecule has 2 atom stereocenters. The lowest BCUT2D eigenvalue weighted by molar-refractivity contribution is -0.124. The van der Waals surface area contributed by atoms with Gasteiger partial charge in [0.25, 0.3) is 0 Å². The summed E-state index contributed by atoms with van der Waals surface area (Å²) in [4.78, 5) is 12.8. The summed E-state index contributed by atoms with van der Waals surface area (Å²) in [5.74, 6) is -0.208. The van der Waals surface area contributed by atoms with Crippen molar-refractivity contribution in [1.29, 1.82) is 0 Å². The molecular formula is C17H21BrFNOS. The largest absolute Gasteiger partial charge is 0.353 e. The Morgan fingerprint density at radius 1 is 1.36 bits per heavy atom. The molecule has 120 valence electrons. The summed E-state index contributed by atoms with van der Waals surface area (Å²) in [5, 5.41) is 3.88. The Morgan fingerprint density at radius 2 is 2.14 bits per heavy atom. The van der Waals surface area contributed by atoms with E-state index in [1.165, 1.54) is 25.0 Å². The minimum Gasteiger partial charge on any atom is -0.353 e. The van der Waals surface area contributed by atoms with Gasteiger partial charge < -0.3 is 5.32 Å². The van der Waals surface area contributed by atoms with Crippen molar-refractivity contribution in [3.63, 3.8) is 0 Å². The van der Waals surface area contributed by atoms with Gasteiger partial charge in [-0.15, -0.1) is 0 Å². The Hall–Kier alpha value is -0.550. The molecule has 1 amide bonds. The van der Waals surface area contributed by atoms with Gasteiger partial charge in [-0.2, -0.15) is 11.8 Å². The summed E-state index contributed by atoms with van der Waals surface area (Å²) < 4.78 is 14.3. The normalized spacial score (nSPS) is 26.5. The Morgan fingerprint density at radius 3 is 2.77 bits per heavy atom. The fraction of sp³-hybridized carbons (Fsp3) is 0.588. The summed E-state index contributed by atoms with van der Waals surface area (Å²) in [7, 11) is 0. The van der Waals surface area contributed by atoms with E-state index in [0.29, 0.717) is 9.72 Å². The highest BCUT2D eigenvalue weighted by atomic mass is 79.9. The average Bonchev–Trinajstić information content (AvgIpc) is 3.28. The molecule has 2 saturated carbocycles. The number of amides is 1. The van der Waals surface area contributed by atoms with E-state index in [-0.39, 0.29) is 17.8 Å². The van der Waals surface area contributed by atoms with E-state index in [1.807, 2.05) is 17.8 Å². The smallest absolute Gasteiger partial charge is 0.230 e. The monoisotopic (exact) mass is 385 g/mol. The molecule has 2 unspecified atom stereocenters. The lowest BCUT2D eigenvalue weighted by Crippen LogP contribution is -2.44. The Labute approximate surface area is 143 Å². The molecule has 0 radical (unpaired) electrons. The van der Waals surface area contributed by atoms with E-state index in [1.54, 1.807) is 0 Å². The Kier molecular flexibility index (Phi) is 4.83. The van der Waals surface area contributed by atoms with Gasteiger partial charge in [0.2, 0.25) is 5.91 Å². The summed E-state index contributed by atoms with van der Waals surface area (Å²) in [6, 6.07) is 5.08. The van der Waals surface area contributed by atoms with Gasteiger partial charge in [0, 0.05) is 15.8 Å². The van der Waals surface area contributed by atoms with Gasteiger partial charge >= 0.3 is 0 Å². The maximum absolute atomic E-state index is 13.6. The number of nitrogens with one attached hydrogen (secondary N) is 1. The van der Waals surface area contributed by atoms with E-state index in [4.69, 9.17) is 0 Å². The lowest BCUT2D eigenvalue weighted by atomic mass is 9.91. The lowest BCUT2D eigenvalue weighted by Gasteiger charge is -2.30. The molecule has 0 bridgehead atoms. The number of benzene rings is 1. The fourth-order valence-corrected chi connectivity index (χ4v) is 4.71. The molecule has 2 fully saturated rings. The minimum atomic E-state index is -0.503. The van der Waals surface area contributed by atoms with Gasteiger partial charge in [0.05, 0.1) is 5.41 Å². The molecule has 1 N–H and O–H groups in total. The molecule has 0 aliphatic heterocycles. The highest BCUT2D eigenvalue weighted by molar-refractivity contribution is 9.10. The van der Waals surface area contributed by atoms with Crippen molar-refractivity contribution >= 4 is 33.6 Å². The molecule has 1 aromatic carbocycles. The van der Waals surface area contributed by atoms with Crippen molar-refractivity contribution in [3.05, 3.63) is 34.1 Å². The van der Waals surface area contributed by atoms with Crippen LogP contribution in [-0.4, -0.2) is 23.5 Å². The van der Waals surface area contributed by atoms with Crippen LogP contribution in [0.1, 0.15) is 44.1 Å². The Bertz CT molecular complexity index is 556. The van der Waals surface area contributed by atoms with E-state index in [2.05, 4.69) is 27.5 Å². The van der Waals surface area contributed by atoms with Gasteiger partial charge in [-0.25, -0.2) is 4.39 Å². The van der Waals surface area contributed by atoms with Gasteiger partial charge in [0.15, 0.2) is 0 Å². The molecule has 0 spiro atoms. The maximum atomic E-state index is 13.6. The zero-order chi connectivity index (χ0) is 15.7. The Balaban J connectivity index is 1.71. The molecule has 0 heterocycles. The van der Waals surface area contributed by atoms with E-state index in [9.17, 15) is 9.18 Å². The number of thioether (sulfide) groups is 1. The molecule has 22 heavy (non-hydrogen) atoms. The van der Waals surface area contributed by atoms with Crippen LogP contribution in [0.3, 0.4) is 0 Å². The van der Waals surface area contributed by atoms with Crippen LogP contribution in [0.4, 0.5) is 4.39 Å². The topological polar surface area (TPSA) is 29.1 Å². The number of carbonyl (C=O) groups excluding carboxylic acids is 1. The first kappa shape index (κ1) is 16.3. The number of hydrogen-bond acceptors (Lipinski definition) is 2. The first-order chi connectivity index (χ1) is 10.5. The second kappa shape index (κ2) is 6.52. The third kappa shape index (κ3) is 3.35. The zero-order valence-corrected chi connectivity index (χ0v) is 15.1. The van der Waals surface area contributed by atoms with Crippen LogP contribution < -0.4 is 5.32 Å². The second-order valence-electron chi connectivity index (χ2n) is 6.43. The number of carbonyl (C=O) groups is 1. The van der Waals surface area contributed by atoms with Crippen LogP contribution >= 0.6 is 27.7 Å². The average molecular weight is 386 g/mol. The quantitative estimate of drug-likeness (QED) is 0.831. The predicted molar refractivity (Wildman–Crippen MR) is 92.7 cm³/mol. The molecular weight excluding hydrogens is 365 g/mol. The molecule has 5 heteroatoms. The number of halogens is 2. The molecule has 2 aliphatic carbocycles. The highest BCUT2D eigenvalue weighted by Crippen LogP contribution is 2.49.